The van der Waals surface area contributed by atoms with E-state index in [0.717, 1.165) is 12.9 Å². The standard InChI is InChI=1S/C5H3Cl2P/c6-4-1-2-8-5(7)3-4/h1-3H. The Hall–Kier alpha value is 0.230. The summed E-state index contributed by atoms with van der Waals surface area (Å²) in [4.78, 5) is 0. The molecular formula is C5H3Cl2P. The van der Waals surface area contributed by atoms with Crippen LogP contribution < -0.4 is 0 Å². The molecule has 0 saturated heterocycles. The molecule has 0 aromatic carbocycles. The number of hydrogen-bond acceptors (Lipinski definition) is 0. The average Bonchev–Trinajstić information content (AvgIpc) is 1.64. The normalized spacial score (nSPS) is 10.2. The van der Waals surface area contributed by atoms with Crippen LogP contribution in [0.2, 0.25) is 9.78 Å². The van der Waals surface area contributed by atoms with Crippen LogP contribution in [0.3, 0.4) is 0 Å². The lowest BCUT2D eigenvalue weighted by molar-refractivity contribution is 1.87. The van der Waals surface area contributed by atoms with Gasteiger partial charge in [-0.3, -0.25) is 0 Å². The summed E-state index contributed by atoms with van der Waals surface area (Å²) < 4.78 is 0.775. The van der Waals surface area contributed by atoms with Crippen molar-refractivity contribution in [3.05, 3.63) is 27.7 Å². The van der Waals surface area contributed by atoms with Gasteiger partial charge in [-0.15, -0.1) is 0 Å². The smallest absolute Gasteiger partial charge is 0.0690 e. The molecule has 0 saturated carbocycles. The first-order valence-corrected chi connectivity index (χ1v) is 3.78. The lowest BCUT2D eigenvalue weighted by Gasteiger charge is -1.85. The summed E-state index contributed by atoms with van der Waals surface area (Å²) in [6.45, 7) is 0. The van der Waals surface area contributed by atoms with Gasteiger partial charge in [0, 0.05) is 5.02 Å². The highest BCUT2D eigenvalue weighted by molar-refractivity contribution is 7.33. The van der Waals surface area contributed by atoms with Crippen molar-refractivity contribution < 1.29 is 0 Å². The molecule has 0 fully saturated rings. The SMILES string of the molecule is Clc1ccpc(Cl)c1. The zero-order chi connectivity index (χ0) is 5.98. The fourth-order valence-corrected chi connectivity index (χ4v) is 1.65. The van der Waals surface area contributed by atoms with Crippen LogP contribution in [0.15, 0.2) is 17.9 Å². The molecule has 0 amide bonds. The summed E-state index contributed by atoms with van der Waals surface area (Å²) in [5.41, 5.74) is 0. The van der Waals surface area contributed by atoms with Gasteiger partial charge in [0.2, 0.25) is 0 Å². The van der Waals surface area contributed by atoms with Crippen LogP contribution >= 0.6 is 31.4 Å². The van der Waals surface area contributed by atoms with Crippen LogP contribution in [0.1, 0.15) is 0 Å². The van der Waals surface area contributed by atoms with E-state index in [1.165, 1.54) is 0 Å². The fraction of sp³-hybridized carbons (Fsp3) is 0. The molecule has 42 valence electrons. The van der Waals surface area contributed by atoms with E-state index in [1.807, 2.05) is 11.9 Å². The second-order valence-corrected chi connectivity index (χ2v) is 3.44. The maximum Gasteiger partial charge on any atom is 0.0690 e. The monoisotopic (exact) mass is 164 g/mol. The van der Waals surface area contributed by atoms with Gasteiger partial charge in [-0.1, -0.05) is 31.4 Å². The van der Waals surface area contributed by atoms with E-state index in [-0.39, 0.29) is 0 Å². The number of rotatable bonds is 0. The molecule has 8 heavy (non-hydrogen) atoms. The van der Waals surface area contributed by atoms with Crippen molar-refractivity contribution in [1.82, 2.24) is 0 Å². The van der Waals surface area contributed by atoms with E-state index in [9.17, 15) is 0 Å². The Labute approximate surface area is 59.5 Å². The molecule has 0 aliphatic heterocycles. The van der Waals surface area contributed by atoms with Crippen molar-refractivity contribution in [1.29, 1.82) is 0 Å². The van der Waals surface area contributed by atoms with Crippen molar-refractivity contribution in [2.45, 2.75) is 0 Å². The molecule has 1 aromatic heterocycles. The molecule has 1 heterocycles. The Kier molecular flexibility index (Phi) is 2.13. The third-order valence-corrected chi connectivity index (χ3v) is 2.00. The van der Waals surface area contributed by atoms with E-state index in [0.29, 0.717) is 5.02 Å². The first-order valence-electron chi connectivity index (χ1n) is 2.06. The Morgan fingerprint density at radius 3 is 2.50 bits per heavy atom. The predicted octanol–water partition coefficient (Wildman–Crippen LogP) is 3.57. The third kappa shape index (κ3) is 1.63. The van der Waals surface area contributed by atoms with Gasteiger partial charge in [0.1, 0.15) is 0 Å². The molecule has 0 radical (unpaired) electrons. The van der Waals surface area contributed by atoms with E-state index >= 15 is 0 Å². The minimum atomic E-state index is 0.703. The van der Waals surface area contributed by atoms with Gasteiger partial charge >= 0.3 is 0 Å². The molecular weight excluding hydrogens is 162 g/mol. The van der Waals surface area contributed by atoms with E-state index < -0.39 is 0 Å². The van der Waals surface area contributed by atoms with Gasteiger partial charge in [0.15, 0.2) is 0 Å². The first kappa shape index (κ1) is 6.35. The molecule has 0 nitrogen and oxygen atoms in total. The fourth-order valence-electron chi connectivity index (χ4n) is 0.379. The van der Waals surface area contributed by atoms with Gasteiger partial charge in [-0.05, 0) is 17.9 Å². The van der Waals surface area contributed by atoms with Gasteiger partial charge in [0.05, 0.1) is 4.75 Å². The van der Waals surface area contributed by atoms with Crippen LogP contribution in [-0.2, 0) is 0 Å². The minimum absolute atomic E-state index is 0.703. The van der Waals surface area contributed by atoms with Crippen molar-refractivity contribution in [2.24, 2.45) is 0 Å². The average molecular weight is 165 g/mol. The molecule has 0 unspecified atom stereocenters. The van der Waals surface area contributed by atoms with Gasteiger partial charge in [-0.25, -0.2) is 0 Å². The van der Waals surface area contributed by atoms with Crippen molar-refractivity contribution in [3.8, 4) is 0 Å². The predicted molar refractivity (Wildman–Crippen MR) is 39.0 cm³/mol. The van der Waals surface area contributed by atoms with Crippen LogP contribution in [-0.4, -0.2) is 0 Å². The lowest BCUT2D eigenvalue weighted by Crippen LogP contribution is -1.54. The summed E-state index contributed by atoms with van der Waals surface area (Å²) in [5, 5.41) is 0.703. The molecule has 0 bridgehead atoms. The molecule has 1 aromatic rings. The Morgan fingerprint density at radius 1 is 1.38 bits per heavy atom. The highest BCUT2D eigenvalue weighted by Gasteiger charge is 1.85. The van der Waals surface area contributed by atoms with Gasteiger partial charge in [0.25, 0.3) is 0 Å². The Morgan fingerprint density at radius 2 is 2.12 bits per heavy atom. The van der Waals surface area contributed by atoms with Crippen LogP contribution in [0.4, 0.5) is 0 Å². The first-order chi connectivity index (χ1) is 3.79. The van der Waals surface area contributed by atoms with E-state index in [4.69, 9.17) is 23.2 Å². The summed E-state index contributed by atoms with van der Waals surface area (Å²) in [7, 11) is 1.03. The Bertz CT molecular complexity index is 170. The topological polar surface area (TPSA) is 0 Å². The largest absolute Gasteiger partial charge is 0.0843 e. The highest BCUT2D eigenvalue weighted by atomic mass is 35.5. The maximum absolute atomic E-state index is 5.60. The molecule has 0 aliphatic rings. The minimum Gasteiger partial charge on any atom is -0.0843 e. The van der Waals surface area contributed by atoms with E-state index in [2.05, 4.69) is 0 Å². The third-order valence-electron chi connectivity index (χ3n) is 0.689. The van der Waals surface area contributed by atoms with Crippen molar-refractivity contribution in [2.75, 3.05) is 0 Å². The van der Waals surface area contributed by atoms with E-state index in [1.54, 1.807) is 6.07 Å². The highest BCUT2D eigenvalue weighted by Crippen LogP contribution is 2.23. The number of halogens is 2. The van der Waals surface area contributed by atoms with Crippen molar-refractivity contribution in [3.63, 3.8) is 0 Å². The van der Waals surface area contributed by atoms with Crippen LogP contribution in [0, 0.1) is 0 Å². The molecule has 3 heteroatoms. The zero-order valence-electron chi connectivity index (χ0n) is 3.94. The molecule has 0 N–H and O–H groups in total. The zero-order valence-corrected chi connectivity index (χ0v) is 6.34. The van der Waals surface area contributed by atoms with Crippen LogP contribution in [0.5, 0.6) is 0 Å². The summed E-state index contributed by atoms with van der Waals surface area (Å²) in [6, 6.07) is 3.57. The summed E-state index contributed by atoms with van der Waals surface area (Å²) >= 11 is 11.2. The second-order valence-electron chi connectivity index (χ2n) is 1.30. The second kappa shape index (κ2) is 2.68. The quantitative estimate of drug-likeness (QED) is 0.551. The molecule has 0 spiro atoms. The van der Waals surface area contributed by atoms with Gasteiger partial charge < -0.3 is 0 Å². The summed E-state index contributed by atoms with van der Waals surface area (Å²) in [5.74, 6) is 1.91. The molecule has 0 atom stereocenters. The van der Waals surface area contributed by atoms with Gasteiger partial charge in [-0.2, -0.15) is 0 Å². The lowest BCUT2D eigenvalue weighted by atomic mass is 10.6. The molecule has 0 aliphatic carbocycles. The maximum atomic E-state index is 5.60. The van der Waals surface area contributed by atoms with Crippen molar-refractivity contribution >= 4 is 31.4 Å². The summed E-state index contributed by atoms with van der Waals surface area (Å²) in [6.07, 6.45) is 0. The van der Waals surface area contributed by atoms with Crippen LogP contribution in [0.25, 0.3) is 0 Å². The number of hydrogen-bond donors (Lipinski definition) is 0. The Balaban J connectivity index is 3.08. The molecule has 1 rings (SSSR count).